The van der Waals surface area contributed by atoms with Crippen LogP contribution in [0.2, 0.25) is 0 Å². The first-order valence-corrected chi connectivity index (χ1v) is 13.8. The molecule has 0 bridgehead atoms. The molecule has 1 aromatic heterocycles. The molecule has 0 unspecified atom stereocenters. The minimum Gasteiger partial charge on any atom is -0.302 e. The van der Waals surface area contributed by atoms with Crippen LogP contribution in [-0.4, -0.2) is 51.4 Å². The summed E-state index contributed by atoms with van der Waals surface area (Å²) in [6, 6.07) is 12.8. The Balaban J connectivity index is 1.50. The molecule has 3 aromatic rings. The van der Waals surface area contributed by atoms with E-state index in [1.807, 2.05) is 0 Å². The number of rotatable bonds is 5. The third-order valence-electron chi connectivity index (χ3n) is 5.15. The first kappa shape index (κ1) is 21.9. The van der Waals surface area contributed by atoms with Crippen molar-refractivity contribution in [1.82, 2.24) is 9.29 Å². The van der Waals surface area contributed by atoms with Gasteiger partial charge >= 0.3 is 0 Å². The van der Waals surface area contributed by atoms with Crippen molar-refractivity contribution in [3.8, 4) is 0 Å². The minimum absolute atomic E-state index is 0.103. The smallest absolute Gasteiger partial charge is 0.243 e. The number of piperidine rings is 1. The van der Waals surface area contributed by atoms with E-state index in [1.54, 1.807) is 36.4 Å². The van der Waals surface area contributed by atoms with Crippen molar-refractivity contribution >= 4 is 52.5 Å². The quantitative estimate of drug-likeness (QED) is 0.602. The lowest BCUT2D eigenvalue weighted by atomic mass is 9.99. The summed E-state index contributed by atoms with van der Waals surface area (Å²) in [6.07, 6.45) is 2.30. The first-order chi connectivity index (χ1) is 14.6. The topological polar surface area (TPSA) is 114 Å². The van der Waals surface area contributed by atoms with Crippen LogP contribution in [0.25, 0.3) is 10.2 Å². The summed E-state index contributed by atoms with van der Waals surface area (Å²) in [6.45, 7) is 0.475. The van der Waals surface area contributed by atoms with Crippen molar-refractivity contribution in [2.45, 2.75) is 22.6 Å². The highest BCUT2D eigenvalue weighted by Gasteiger charge is 2.33. The van der Waals surface area contributed by atoms with Crippen LogP contribution in [0.5, 0.6) is 0 Å². The normalized spacial score (nSPS) is 18.2. The molecule has 1 N–H and O–H groups in total. The molecule has 0 saturated carbocycles. The SMILES string of the molecule is CS(=O)(=O)c1ccc2nc(NC(=O)[C@@H]3CCCN(S(=O)(=O)c4ccccc4)C3)sc2c1. The number of nitrogens with one attached hydrogen (secondary N) is 1. The number of hydrogen-bond donors (Lipinski definition) is 1. The lowest BCUT2D eigenvalue weighted by molar-refractivity contribution is -0.120. The molecule has 1 atom stereocenters. The third kappa shape index (κ3) is 4.64. The van der Waals surface area contributed by atoms with Gasteiger partial charge in [-0.1, -0.05) is 29.5 Å². The molecule has 0 spiro atoms. The molecule has 1 amide bonds. The van der Waals surface area contributed by atoms with Crippen LogP contribution in [0.15, 0.2) is 58.3 Å². The van der Waals surface area contributed by atoms with Crippen molar-refractivity contribution in [3.05, 3.63) is 48.5 Å². The molecule has 0 radical (unpaired) electrons. The zero-order valence-electron chi connectivity index (χ0n) is 16.7. The van der Waals surface area contributed by atoms with Crippen LogP contribution < -0.4 is 5.32 Å². The fourth-order valence-electron chi connectivity index (χ4n) is 3.51. The molecular formula is C20H21N3O5S3. The summed E-state index contributed by atoms with van der Waals surface area (Å²) in [7, 11) is -7.00. The molecule has 11 heteroatoms. The largest absolute Gasteiger partial charge is 0.302 e. The summed E-state index contributed by atoms with van der Waals surface area (Å²) in [4.78, 5) is 17.6. The van der Waals surface area contributed by atoms with Crippen molar-refractivity contribution < 1.29 is 21.6 Å². The van der Waals surface area contributed by atoms with Crippen molar-refractivity contribution in [2.24, 2.45) is 5.92 Å². The van der Waals surface area contributed by atoms with Crippen molar-refractivity contribution in [3.63, 3.8) is 0 Å². The molecule has 8 nitrogen and oxygen atoms in total. The number of amides is 1. The number of benzene rings is 2. The molecule has 0 aliphatic carbocycles. The van der Waals surface area contributed by atoms with Crippen molar-refractivity contribution in [2.75, 3.05) is 24.7 Å². The van der Waals surface area contributed by atoms with Gasteiger partial charge in [-0.05, 0) is 43.2 Å². The van der Waals surface area contributed by atoms with Gasteiger partial charge in [0, 0.05) is 19.3 Å². The van der Waals surface area contributed by atoms with E-state index in [0.717, 1.165) is 6.26 Å². The Bertz CT molecular complexity index is 1330. The van der Waals surface area contributed by atoms with Gasteiger partial charge in [0.25, 0.3) is 0 Å². The summed E-state index contributed by atoms with van der Waals surface area (Å²) >= 11 is 1.18. The zero-order valence-corrected chi connectivity index (χ0v) is 19.1. The Morgan fingerprint density at radius 2 is 1.84 bits per heavy atom. The van der Waals surface area contributed by atoms with Gasteiger partial charge < -0.3 is 5.32 Å². The Morgan fingerprint density at radius 1 is 1.10 bits per heavy atom. The maximum absolute atomic E-state index is 12.9. The van der Waals surface area contributed by atoms with E-state index >= 15 is 0 Å². The maximum Gasteiger partial charge on any atom is 0.243 e. The van der Waals surface area contributed by atoms with E-state index in [4.69, 9.17) is 0 Å². The maximum atomic E-state index is 12.9. The standard InChI is InChI=1S/C20H21N3O5S3/c1-30(25,26)16-9-10-17-18(12-16)29-20(21-17)22-19(24)14-6-5-11-23(13-14)31(27,28)15-7-3-2-4-8-15/h2-4,7-10,12,14H,5-6,11,13H2,1H3,(H,21,22,24)/t14-/m1/s1. The highest BCUT2D eigenvalue weighted by molar-refractivity contribution is 7.90. The van der Waals surface area contributed by atoms with Crippen LogP contribution in [-0.2, 0) is 24.7 Å². The van der Waals surface area contributed by atoms with E-state index < -0.39 is 25.8 Å². The van der Waals surface area contributed by atoms with Crippen LogP contribution in [0.4, 0.5) is 5.13 Å². The van der Waals surface area contributed by atoms with Crippen LogP contribution in [0, 0.1) is 5.92 Å². The fraction of sp³-hybridized carbons (Fsp3) is 0.300. The van der Waals surface area contributed by atoms with E-state index in [9.17, 15) is 21.6 Å². The molecule has 31 heavy (non-hydrogen) atoms. The van der Waals surface area contributed by atoms with Gasteiger partial charge in [-0.3, -0.25) is 4.79 Å². The Hall–Kier alpha value is -2.34. The predicted octanol–water partition coefficient (Wildman–Crippen LogP) is 2.74. The predicted molar refractivity (Wildman–Crippen MR) is 119 cm³/mol. The summed E-state index contributed by atoms with van der Waals surface area (Å²) < 4.78 is 51.2. The Kier molecular flexibility index (Phi) is 5.86. The highest BCUT2D eigenvalue weighted by atomic mass is 32.2. The van der Waals surface area contributed by atoms with E-state index in [2.05, 4.69) is 10.3 Å². The van der Waals surface area contributed by atoms with E-state index in [-0.39, 0.29) is 22.2 Å². The Labute approximate surface area is 184 Å². The number of sulfone groups is 1. The van der Waals surface area contributed by atoms with Gasteiger partial charge in [-0.25, -0.2) is 21.8 Å². The van der Waals surface area contributed by atoms with Gasteiger partial charge in [0.1, 0.15) is 0 Å². The van der Waals surface area contributed by atoms with Crippen LogP contribution in [0.1, 0.15) is 12.8 Å². The van der Waals surface area contributed by atoms with Gasteiger partial charge in [0.2, 0.25) is 15.9 Å². The first-order valence-electron chi connectivity index (χ1n) is 9.61. The second-order valence-electron chi connectivity index (χ2n) is 7.43. The average molecular weight is 480 g/mol. The molecular weight excluding hydrogens is 458 g/mol. The van der Waals surface area contributed by atoms with Gasteiger partial charge in [-0.15, -0.1) is 0 Å². The summed E-state index contributed by atoms with van der Waals surface area (Å²) in [5.41, 5.74) is 0.588. The van der Waals surface area contributed by atoms with Gasteiger partial charge in [0.05, 0.1) is 25.9 Å². The molecule has 1 fully saturated rings. The summed E-state index contributed by atoms with van der Waals surface area (Å²) in [5, 5.41) is 3.12. The van der Waals surface area contributed by atoms with E-state index in [0.29, 0.717) is 34.7 Å². The molecule has 2 heterocycles. The highest BCUT2D eigenvalue weighted by Crippen LogP contribution is 2.30. The average Bonchev–Trinajstić information content (AvgIpc) is 3.15. The number of nitrogens with zero attached hydrogens (tertiary/aromatic N) is 2. The van der Waals surface area contributed by atoms with Crippen LogP contribution in [0.3, 0.4) is 0 Å². The number of sulfonamides is 1. The monoisotopic (exact) mass is 479 g/mol. The summed E-state index contributed by atoms with van der Waals surface area (Å²) in [5.74, 6) is -0.791. The van der Waals surface area contributed by atoms with E-state index in [1.165, 1.54) is 27.8 Å². The number of hydrogen-bond acceptors (Lipinski definition) is 7. The van der Waals surface area contributed by atoms with Crippen LogP contribution >= 0.6 is 11.3 Å². The molecule has 1 saturated heterocycles. The number of fused-ring (bicyclic) bond motifs is 1. The molecule has 2 aromatic carbocycles. The Morgan fingerprint density at radius 3 is 2.55 bits per heavy atom. The van der Waals surface area contributed by atoms with Gasteiger partial charge in [-0.2, -0.15) is 4.31 Å². The molecule has 1 aliphatic heterocycles. The molecule has 1 aliphatic rings. The van der Waals surface area contributed by atoms with Gasteiger partial charge in [0.15, 0.2) is 15.0 Å². The zero-order chi connectivity index (χ0) is 22.2. The second kappa shape index (κ2) is 8.30. The second-order valence-corrected chi connectivity index (χ2v) is 12.4. The van der Waals surface area contributed by atoms with Crippen molar-refractivity contribution in [1.29, 1.82) is 0 Å². The number of thiazole rings is 1. The number of anilines is 1. The lowest BCUT2D eigenvalue weighted by Crippen LogP contribution is -2.43. The fourth-order valence-corrected chi connectivity index (χ4v) is 6.69. The lowest BCUT2D eigenvalue weighted by Gasteiger charge is -2.31. The minimum atomic E-state index is -3.66. The number of carbonyl (C=O) groups is 1. The molecule has 4 rings (SSSR count). The molecule has 164 valence electrons. The number of aromatic nitrogens is 1. The number of carbonyl (C=O) groups excluding carboxylic acids is 1. The third-order valence-corrected chi connectivity index (χ3v) is 9.08.